The lowest BCUT2D eigenvalue weighted by Crippen LogP contribution is -2.13. The molecule has 0 fully saturated rings. The molecule has 0 saturated carbocycles. The Hall–Kier alpha value is -1.47. The molecule has 7 heteroatoms. The highest BCUT2D eigenvalue weighted by atomic mass is 79.9. The van der Waals surface area contributed by atoms with Crippen LogP contribution in [0.3, 0.4) is 0 Å². The minimum absolute atomic E-state index is 0.196. The third-order valence-corrected chi connectivity index (χ3v) is 2.82. The summed E-state index contributed by atoms with van der Waals surface area (Å²) < 4.78 is 8.21. The fourth-order valence-corrected chi connectivity index (χ4v) is 1.80. The van der Waals surface area contributed by atoms with Crippen molar-refractivity contribution in [3.05, 3.63) is 40.9 Å². The van der Waals surface area contributed by atoms with Crippen LogP contribution in [0.4, 0.5) is 0 Å². The Bertz CT molecular complexity index is 557. The Balaban J connectivity index is 1.86. The quantitative estimate of drug-likeness (QED) is 0.848. The van der Waals surface area contributed by atoms with Crippen molar-refractivity contribution in [2.24, 2.45) is 5.73 Å². The van der Waals surface area contributed by atoms with E-state index in [1.165, 1.54) is 0 Å². The molecule has 18 heavy (non-hydrogen) atoms. The van der Waals surface area contributed by atoms with Gasteiger partial charge in [0.15, 0.2) is 0 Å². The molecule has 5 nitrogen and oxygen atoms in total. The third-order valence-electron chi connectivity index (χ3n) is 2.14. The summed E-state index contributed by atoms with van der Waals surface area (Å²) in [6.07, 6.45) is 1.58. The first-order chi connectivity index (χ1) is 8.65. The fraction of sp³-hybridized carbons (Fsp3) is 0.182. The van der Waals surface area contributed by atoms with Gasteiger partial charge in [0.2, 0.25) is 5.82 Å². The summed E-state index contributed by atoms with van der Waals surface area (Å²) in [5.74, 6) is 1.19. The molecule has 0 aliphatic heterocycles. The maximum Gasteiger partial charge on any atom is 0.208 e. The normalized spacial score (nSPS) is 10.3. The monoisotopic (exact) mass is 326 g/mol. The Morgan fingerprint density at radius 1 is 1.50 bits per heavy atom. The average molecular weight is 327 g/mol. The smallest absolute Gasteiger partial charge is 0.208 e. The van der Waals surface area contributed by atoms with Gasteiger partial charge >= 0.3 is 0 Å². The highest BCUT2D eigenvalue weighted by molar-refractivity contribution is 9.10. The van der Waals surface area contributed by atoms with Crippen LogP contribution < -0.4 is 10.5 Å². The topological polar surface area (TPSA) is 66.0 Å². The van der Waals surface area contributed by atoms with Gasteiger partial charge in [0.25, 0.3) is 0 Å². The van der Waals surface area contributed by atoms with Crippen molar-refractivity contribution in [2.45, 2.75) is 6.54 Å². The second kappa shape index (κ2) is 5.92. The second-order valence-electron chi connectivity index (χ2n) is 3.50. The molecule has 1 aromatic heterocycles. The van der Waals surface area contributed by atoms with Gasteiger partial charge in [-0.3, -0.25) is 0 Å². The molecule has 0 spiro atoms. The number of benzene rings is 1. The summed E-state index contributed by atoms with van der Waals surface area (Å²) in [6.45, 7) is 1.08. The lowest BCUT2D eigenvalue weighted by Gasteiger charge is -2.05. The summed E-state index contributed by atoms with van der Waals surface area (Å²) in [6, 6.07) is 7.66. The van der Waals surface area contributed by atoms with Gasteiger partial charge in [0, 0.05) is 4.47 Å². The van der Waals surface area contributed by atoms with Gasteiger partial charge in [-0.15, -0.1) is 5.10 Å². The third kappa shape index (κ3) is 3.51. The summed E-state index contributed by atoms with van der Waals surface area (Å²) >= 11 is 8.16. The summed E-state index contributed by atoms with van der Waals surface area (Å²) in [5, 5.41) is 4.11. The summed E-state index contributed by atoms with van der Waals surface area (Å²) in [4.78, 5) is 4.17. The van der Waals surface area contributed by atoms with E-state index in [9.17, 15) is 0 Å². The molecule has 0 amide bonds. The van der Waals surface area contributed by atoms with Crippen LogP contribution in [-0.2, 0) is 6.54 Å². The number of hydrogen-bond acceptors (Lipinski definition) is 4. The zero-order valence-electron chi connectivity index (χ0n) is 9.41. The van der Waals surface area contributed by atoms with Crippen LogP contribution in [0.15, 0.2) is 35.1 Å². The minimum Gasteiger partial charge on any atom is -0.492 e. The molecule has 94 valence electrons. The fourth-order valence-electron chi connectivity index (χ4n) is 1.33. The standard InChI is InChI=1S/C11H11BrN4OS/c12-8-2-1-3-9(6-8)17-5-4-16-7-14-11(15-16)10(13)18/h1-3,6-7H,4-5H2,(H2,13,18). The maximum absolute atomic E-state index is 5.58. The van der Waals surface area contributed by atoms with Crippen molar-refractivity contribution < 1.29 is 4.74 Å². The zero-order valence-corrected chi connectivity index (χ0v) is 11.8. The molecule has 0 saturated heterocycles. The first kappa shape index (κ1) is 13.0. The molecule has 0 aliphatic carbocycles. The second-order valence-corrected chi connectivity index (χ2v) is 4.86. The van der Waals surface area contributed by atoms with Crippen LogP contribution in [0.2, 0.25) is 0 Å². The molecular weight excluding hydrogens is 316 g/mol. The van der Waals surface area contributed by atoms with Gasteiger partial charge in [-0.05, 0) is 18.2 Å². The van der Waals surface area contributed by atoms with Crippen molar-refractivity contribution in [1.82, 2.24) is 14.8 Å². The molecule has 1 aromatic carbocycles. The Kier molecular flexibility index (Phi) is 4.27. The molecule has 0 aliphatic rings. The first-order valence-electron chi connectivity index (χ1n) is 5.23. The first-order valence-corrected chi connectivity index (χ1v) is 6.43. The molecule has 2 aromatic rings. The predicted molar refractivity (Wildman–Crippen MR) is 75.5 cm³/mol. The average Bonchev–Trinajstić information content (AvgIpc) is 2.78. The van der Waals surface area contributed by atoms with E-state index in [1.54, 1.807) is 11.0 Å². The Morgan fingerprint density at radius 2 is 2.33 bits per heavy atom. The molecule has 1 heterocycles. The number of nitrogens with two attached hydrogens (primary N) is 1. The number of rotatable bonds is 5. The van der Waals surface area contributed by atoms with E-state index in [1.807, 2.05) is 24.3 Å². The molecular formula is C11H11BrN4OS. The van der Waals surface area contributed by atoms with Crippen LogP contribution in [0, 0.1) is 0 Å². The van der Waals surface area contributed by atoms with Crippen molar-refractivity contribution >= 4 is 33.1 Å². The van der Waals surface area contributed by atoms with Crippen LogP contribution >= 0.6 is 28.1 Å². The molecule has 2 rings (SSSR count). The van der Waals surface area contributed by atoms with E-state index in [0.717, 1.165) is 10.2 Å². The van der Waals surface area contributed by atoms with E-state index in [2.05, 4.69) is 26.0 Å². The van der Waals surface area contributed by atoms with Gasteiger partial charge in [0.05, 0.1) is 6.54 Å². The van der Waals surface area contributed by atoms with E-state index in [0.29, 0.717) is 19.0 Å². The van der Waals surface area contributed by atoms with Gasteiger partial charge in [-0.1, -0.05) is 34.2 Å². The van der Waals surface area contributed by atoms with Crippen molar-refractivity contribution in [3.8, 4) is 5.75 Å². The lowest BCUT2D eigenvalue weighted by atomic mass is 10.3. The SMILES string of the molecule is NC(=S)c1ncn(CCOc2cccc(Br)c2)n1. The highest BCUT2D eigenvalue weighted by Gasteiger charge is 2.03. The van der Waals surface area contributed by atoms with Crippen LogP contribution in [0.1, 0.15) is 5.82 Å². The Morgan fingerprint density at radius 3 is 3.00 bits per heavy atom. The molecule has 0 atom stereocenters. The maximum atomic E-state index is 5.58. The molecule has 2 N–H and O–H groups in total. The number of nitrogens with zero attached hydrogens (tertiary/aromatic N) is 3. The van der Waals surface area contributed by atoms with E-state index < -0.39 is 0 Å². The summed E-state index contributed by atoms with van der Waals surface area (Å²) in [7, 11) is 0. The number of thiocarbonyl (C=S) groups is 1. The van der Waals surface area contributed by atoms with Gasteiger partial charge in [-0.2, -0.15) is 0 Å². The van der Waals surface area contributed by atoms with Crippen LogP contribution in [0.5, 0.6) is 5.75 Å². The van der Waals surface area contributed by atoms with Crippen molar-refractivity contribution in [1.29, 1.82) is 0 Å². The number of halogens is 1. The van der Waals surface area contributed by atoms with Gasteiger partial charge in [-0.25, -0.2) is 9.67 Å². The number of aromatic nitrogens is 3. The largest absolute Gasteiger partial charge is 0.492 e. The van der Waals surface area contributed by atoms with E-state index in [4.69, 9.17) is 22.7 Å². The number of ether oxygens (including phenoxy) is 1. The highest BCUT2D eigenvalue weighted by Crippen LogP contribution is 2.17. The van der Waals surface area contributed by atoms with E-state index >= 15 is 0 Å². The predicted octanol–water partition coefficient (Wildman–Crippen LogP) is 1.75. The minimum atomic E-state index is 0.196. The Labute approximate surface area is 118 Å². The van der Waals surface area contributed by atoms with Crippen LogP contribution in [-0.4, -0.2) is 26.4 Å². The molecule has 0 unspecified atom stereocenters. The van der Waals surface area contributed by atoms with E-state index in [-0.39, 0.29) is 4.99 Å². The number of hydrogen-bond donors (Lipinski definition) is 1. The van der Waals surface area contributed by atoms with Crippen molar-refractivity contribution in [2.75, 3.05) is 6.61 Å². The summed E-state index contributed by atoms with van der Waals surface area (Å²) in [5.41, 5.74) is 5.42. The lowest BCUT2D eigenvalue weighted by molar-refractivity contribution is 0.291. The van der Waals surface area contributed by atoms with Crippen molar-refractivity contribution in [3.63, 3.8) is 0 Å². The molecule has 0 radical (unpaired) electrons. The zero-order chi connectivity index (χ0) is 13.0. The van der Waals surface area contributed by atoms with Gasteiger partial charge in [0.1, 0.15) is 23.7 Å². The van der Waals surface area contributed by atoms with Gasteiger partial charge < -0.3 is 10.5 Å². The molecule has 0 bridgehead atoms. The van der Waals surface area contributed by atoms with Crippen LogP contribution in [0.25, 0.3) is 0 Å².